The van der Waals surface area contributed by atoms with Gasteiger partial charge < -0.3 is 20.1 Å². The maximum absolute atomic E-state index is 12.4. The Balaban J connectivity index is 1.68. The molecule has 1 heterocycles. The minimum Gasteiger partial charge on any atom is -0.491 e. The number of halogens is 1. The Morgan fingerprint density at radius 3 is 2.85 bits per heavy atom. The van der Waals surface area contributed by atoms with Gasteiger partial charge in [0.1, 0.15) is 5.75 Å². The van der Waals surface area contributed by atoms with Crippen LogP contribution in [0.3, 0.4) is 0 Å². The Hall–Kier alpha value is -2.53. The molecule has 0 radical (unpaired) electrons. The quantitative estimate of drug-likeness (QED) is 0.659. The van der Waals surface area contributed by atoms with Crippen LogP contribution in [0.25, 0.3) is 0 Å². The normalized spacial score (nSPS) is 16.0. The first kappa shape index (κ1) is 19.2. The van der Waals surface area contributed by atoms with Gasteiger partial charge in [-0.1, -0.05) is 41.9 Å². The summed E-state index contributed by atoms with van der Waals surface area (Å²) in [5.74, 6) is -0.770. The smallest absolute Gasteiger partial charge is 0.475 e. The first-order chi connectivity index (χ1) is 13.0. The summed E-state index contributed by atoms with van der Waals surface area (Å²) >= 11 is 6.12. The summed E-state index contributed by atoms with van der Waals surface area (Å²) in [6, 6.07) is 14.3. The van der Waals surface area contributed by atoms with E-state index < -0.39 is 13.1 Å². The minimum absolute atomic E-state index is 0.0173. The van der Waals surface area contributed by atoms with Crippen LogP contribution in [0.1, 0.15) is 29.0 Å². The molecule has 1 aliphatic heterocycles. The molecule has 2 aromatic rings. The van der Waals surface area contributed by atoms with E-state index in [1.54, 1.807) is 30.3 Å². The van der Waals surface area contributed by atoms with Gasteiger partial charge in [0.25, 0.3) is 0 Å². The molecule has 3 rings (SSSR count). The van der Waals surface area contributed by atoms with Crippen molar-refractivity contribution in [2.75, 3.05) is 6.61 Å². The monoisotopic (exact) mass is 384 g/mol. The number of carbonyl (C=O) groups is 1. The fourth-order valence-corrected chi connectivity index (χ4v) is 3.48. The Bertz CT molecular complexity index is 884. The predicted octanol–water partition coefficient (Wildman–Crippen LogP) is 1.82. The molecule has 0 spiro atoms. The van der Waals surface area contributed by atoms with Crippen molar-refractivity contribution >= 4 is 24.6 Å². The van der Waals surface area contributed by atoms with E-state index in [1.165, 1.54) is 0 Å². The summed E-state index contributed by atoms with van der Waals surface area (Å²) in [7, 11) is -1.72. The molecule has 6 nitrogen and oxygen atoms in total. The molecule has 1 amide bonds. The summed E-state index contributed by atoms with van der Waals surface area (Å²) in [5, 5.41) is 31.7. The summed E-state index contributed by atoms with van der Waals surface area (Å²) in [5.41, 5.74) is 1.89. The maximum atomic E-state index is 12.4. The van der Waals surface area contributed by atoms with E-state index in [4.69, 9.17) is 21.6 Å². The molecule has 2 aromatic carbocycles. The van der Waals surface area contributed by atoms with E-state index in [9.17, 15) is 14.8 Å². The van der Waals surface area contributed by atoms with Gasteiger partial charge in [-0.3, -0.25) is 4.79 Å². The lowest BCUT2D eigenvalue weighted by atomic mass is 9.73. The van der Waals surface area contributed by atoms with Gasteiger partial charge in [-0.15, -0.1) is 0 Å². The average Bonchev–Trinajstić information content (AvgIpc) is 3.06. The number of ether oxygens (including phenoxy) is 1. The number of hydrogen-bond acceptors (Lipinski definition) is 5. The lowest BCUT2D eigenvalue weighted by molar-refractivity contribution is -0.120. The molecule has 0 saturated carbocycles. The molecule has 1 aliphatic rings. The topological polar surface area (TPSA) is 103 Å². The van der Waals surface area contributed by atoms with Crippen LogP contribution in [0, 0.1) is 11.3 Å². The second-order valence-corrected chi connectivity index (χ2v) is 6.84. The summed E-state index contributed by atoms with van der Waals surface area (Å²) < 4.78 is 5.61. The molecule has 0 aromatic heterocycles. The van der Waals surface area contributed by atoms with Crippen molar-refractivity contribution in [3.8, 4) is 11.8 Å². The number of benzene rings is 2. The predicted molar refractivity (Wildman–Crippen MR) is 101 cm³/mol. The fourth-order valence-electron chi connectivity index (χ4n) is 3.24. The van der Waals surface area contributed by atoms with Crippen molar-refractivity contribution < 1.29 is 19.6 Å². The van der Waals surface area contributed by atoms with E-state index in [0.717, 1.165) is 5.56 Å². The molecular formula is C19H18BClN2O4. The average molecular weight is 385 g/mol. The Morgan fingerprint density at radius 2 is 2.11 bits per heavy atom. The first-order valence-electron chi connectivity index (χ1n) is 8.54. The minimum atomic E-state index is -1.72. The van der Waals surface area contributed by atoms with Crippen LogP contribution in [0.2, 0.25) is 5.02 Å². The van der Waals surface area contributed by atoms with Gasteiger partial charge in [0.05, 0.1) is 35.6 Å². The molecule has 2 atom stereocenters. The third-order valence-corrected chi connectivity index (χ3v) is 4.90. The van der Waals surface area contributed by atoms with Crippen molar-refractivity contribution in [2.24, 2.45) is 0 Å². The molecule has 0 fully saturated rings. The van der Waals surface area contributed by atoms with Crippen molar-refractivity contribution in [1.82, 2.24) is 5.32 Å². The summed E-state index contributed by atoms with van der Waals surface area (Å²) in [6.07, 6.45) is 0.271. The Kier molecular flexibility index (Phi) is 6.02. The lowest BCUT2D eigenvalue weighted by Crippen LogP contribution is -2.48. The van der Waals surface area contributed by atoms with Gasteiger partial charge in [-0.05, 0) is 24.1 Å². The highest BCUT2D eigenvalue weighted by Crippen LogP contribution is 2.41. The highest BCUT2D eigenvalue weighted by Gasteiger charge is 2.33. The molecule has 27 heavy (non-hydrogen) atoms. The van der Waals surface area contributed by atoms with Gasteiger partial charge in [-0.25, -0.2) is 0 Å². The number of rotatable bonds is 6. The summed E-state index contributed by atoms with van der Waals surface area (Å²) in [6.45, 7) is 0.357. The molecule has 0 bridgehead atoms. The van der Waals surface area contributed by atoms with Crippen LogP contribution in [-0.4, -0.2) is 35.6 Å². The SMILES string of the molecule is N#Cc1ccccc1CC(=O)N[C@@H](C[C@H]1COc2c(Cl)cccc21)B(O)O. The van der Waals surface area contributed by atoms with Crippen LogP contribution in [-0.2, 0) is 11.2 Å². The standard InChI is InChI=1S/C19H18BClN2O4/c21-16-7-3-6-15-14(11-27-19(15)16)8-17(20(25)26)23-18(24)9-12-4-1-2-5-13(12)10-22/h1-7,14,17,25-26H,8-9,11H2,(H,23,24)/t14-,17-/m0/s1. The zero-order valence-corrected chi connectivity index (χ0v) is 15.2. The molecule has 138 valence electrons. The van der Waals surface area contributed by atoms with Crippen LogP contribution in [0.5, 0.6) is 5.75 Å². The molecule has 3 N–H and O–H groups in total. The van der Waals surface area contributed by atoms with Crippen molar-refractivity contribution in [3.63, 3.8) is 0 Å². The number of nitriles is 1. The van der Waals surface area contributed by atoms with Crippen LogP contribution in [0.15, 0.2) is 42.5 Å². The van der Waals surface area contributed by atoms with Crippen molar-refractivity contribution in [1.29, 1.82) is 5.26 Å². The largest absolute Gasteiger partial charge is 0.491 e. The number of carbonyl (C=O) groups excluding carboxylic acids is 1. The number of nitrogens with zero attached hydrogens (tertiary/aromatic N) is 1. The lowest BCUT2D eigenvalue weighted by Gasteiger charge is -2.21. The van der Waals surface area contributed by atoms with E-state index in [0.29, 0.717) is 28.5 Å². The zero-order valence-electron chi connectivity index (χ0n) is 14.4. The van der Waals surface area contributed by atoms with E-state index in [2.05, 4.69) is 5.32 Å². The van der Waals surface area contributed by atoms with E-state index in [-0.39, 0.29) is 24.7 Å². The molecule has 0 saturated heterocycles. The van der Waals surface area contributed by atoms with Crippen molar-refractivity contribution in [2.45, 2.75) is 24.7 Å². The maximum Gasteiger partial charge on any atom is 0.475 e. The third kappa shape index (κ3) is 4.42. The van der Waals surface area contributed by atoms with Gasteiger partial charge in [0.2, 0.25) is 5.91 Å². The zero-order chi connectivity index (χ0) is 19.4. The molecule has 0 aliphatic carbocycles. The van der Waals surface area contributed by atoms with E-state index in [1.807, 2.05) is 18.2 Å². The van der Waals surface area contributed by atoms with Gasteiger partial charge in [0, 0.05) is 11.5 Å². The van der Waals surface area contributed by atoms with Crippen LogP contribution in [0.4, 0.5) is 0 Å². The third-order valence-electron chi connectivity index (χ3n) is 4.60. The number of para-hydroxylation sites is 1. The Labute approximate surface area is 162 Å². The van der Waals surface area contributed by atoms with Gasteiger partial charge >= 0.3 is 7.12 Å². The number of nitrogens with one attached hydrogen (secondary N) is 1. The van der Waals surface area contributed by atoms with E-state index >= 15 is 0 Å². The van der Waals surface area contributed by atoms with Gasteiger partial charge in [0.15, 0.2) is 0 Å². The second-order valence-electron chi connectivity index (χ2n) is 6.44. The Morgan fingerprint density at radius 1 is 1.33 bits per heavy atom. The van der Waals surface area contributed by atoms with Gasteiger partial charge in [-0.2, -0.15) is 5.26 Å². The number of amides is 1. The fraction of sp³-hybridized carbons (Fsp3) is 0.263. The first-order valence-corrected chi connectivity index (χ1v) is 8.92. The number of fused-ring (bicyclic) bond motifs is 1. The molecular weight excluding hydrogens is 366 g/mol. The van der Waals surface area contributed by atoms with Crippen LogP contribution < -0.4 is 10.1 Å². The van der Waals surface area contributed by atoms with Crippen molar-refractivity contribution in [3.05, 3.63) is 64.2 Å². The molecule has 8 heteroatoms. The molecule has 0 unspecified atom stereocenters. The highest BCUT2D eigenvalue weighted by atomic mass is 35.5. The summed E-state index contributed by atoms with van der Waals surface area (Å²) in [4.78, 5) is 12.4. The highest BCUT2D eigenvalue weighted by molar-refractivity contribution is 6.43. The number of hydrogen-bond donors (Lipinski definition) is 3. The second kappa shape index (κ2) is 8.44. The van der Waals surface area contributed by atoms with Crippen LogP contribution >= 0.6 is 11.6 Å².